The van der Waals surface area contributed by atoms with E-state index in [1.165, 1.54) is 0 Å². The summed E-state index contributed by atoms with van der Waals surface area (Å²) in [6.45, 7) is 4.01. The third kappa shape index (κ3) is 3.05. The van der Waals surface area contributed by atoms with Gasteiger partial charge in [-0.1, -0.05) is 0 Å². The van der Waals surface area contributed by atoms with Crippen LogP contribution < -0.4 is 10.5 Å². The van der Waals surface area contributed by atoms with Gasteiger partial charge in [0.2, 0.25) is 0 Å². The fourth-order valence-corrected chi connectivity index (χ4v) is 2.57. The highest BCUT2D eigenvalue weighted by molar-refractivity contribution is 5.28. The first-order valence-corrected chi connectivity index (χ1v) is 6.68. The standard InChI is InChI=1S/C14H22N2O3/c1-3-19-14(4-6-18-7-5-14)13(15)11-8-12(17-2)10-16-9-11/h8-10,13H,3-7,15H2,1-2H3. The van der Waals surface area contributed by atoms with E-state index >= 15 is 0 Å². The fourth-order valence-electron chi connectivity index (χ4n) is 2.57. The Kier molecular flexibility index (Phi) is 4.74. The van der Waals surface area contributed by atoms with Crippen LogP contribution >= 0.6 is 0 Å². The van der Waals surface area contributed by atoms with Crippen LogP contribution in [0.5, 0.6) is 5.75 Å². The molecule has 1 aliphatic rings. The molecule has 19 heavy (non-hydrogen) atoms. The maximum Gasteiger partial charge on any atom is 0.137 e. The lowest BCUT2D eigenvalue weighted by Gasteiger charge is -2.41. The number of methoxy groups -OCH3 is 1. The molecule has 5 heteroatoms. The van der Waals surface area contributed by atoms with Gasteiger partial charge in [-0.15, -0.1) is 0 Å². The molecule has 2 N–H and O–H groups in total. The van der Waals surface area contributed by atoms with Crippen LogP contribution in [0.2, 0.25) is 0 Å². The Morgan fingerprint density at radius 3 is 2.79 bits per heavy atom. The zero-order valence-corrected chi connectivity index (χ0v) is 11.6. The fraction of sp³-hybridized carbons (Fsp3) is 0.643. The topological polar surface area (TPSA) is 66.6 Å². The summed E-state index contributed by atoms with van der Waals surface area (Å²) in [5, 5.41) is 0. The molecule has 1 aromatic rings. The summed E-state index contributed by atoms with van der Waals surface area (Å²) in [6.07, 6.45) is 5.06. The van der Waals surface area contributed by atoms with Gasteiger partial charge < -0.3 is 19.9 Å². The molecule has 1 fully saturated rings. The van der Waals surface area contributed by atoms with Gasteiger partial charge in [-0.05, 0) is 18.6 Å². The van der Waals surface area contributed by atoms with Gasteiger partial charge in [0.05, 0.1) is 24.9 Å². The second kappa shape index (κ2) is 6.32. The minimum atomic E-state index is -0.360. The lowest BCUT2D eigenvalue weighted by atomic mass is 9.83. The molecule has 5 nitrogen and oxygen atoms in total. The maximum atomic E-state index is 6.44. The Labute approximate surface area is 114 Å². The lowest BCUT2D eigenvalue weighted by Crippen LogP contribution is -2.48. The highest BCUT2D eigenvalue weighted by Gasteiger charge is 2.40. The Morgan fingerprint density at radius 2 is 2.16 bits per heavy atom. The van der Waals surface area contributed by atoms with Crippen LogP contribution in [-0.2, 0) is 9.47 Å². The molecule has 1 saturated heterocycles. The van der Waals surface area contributed by atoms with Crippen LogP contribution in [0.4, 0.5) is 0 Å². The Bertz CT molecular complexity index is 400. The van der Waals surface area contributed by atoms with Gasteiger partial charge in [0, 0.05) is 38.9 Å². The number of pyridine rings is 1. The van der Waals surface area contributed by atoms with Crippen molar-refractivity contribution in [2.24, 2.45) is 5.73 Å². The summed E-state index contributed by atoms with van der Waals surface area (Å²) in [6, 6.07) is 1.70. The van der Waals surface area contributed by atoms with E-state index in [9.17, 15) is 0 Å². The van der Waals surface area contributed by atoms with E-state index < -0.39 is 0 Å². The molecule has 0 spiro atoms. The SMILES string of the molecule is CCOC1(C(N)c2cncc(OC)c2)CCOCC1. The van der Waals surface area contributed by atoms with Crippen LogP contribution in [0.1, 0.15) is 31.4 Å². The zero-order chi connectivity index (χ0) is 13.7. The van der Waals surface area contributed by atoms with Crippen LogP contribution in [0.15, 0.2) is 18.5 Å². The normalized spacial score (nSPS) is 19.9. The predicted octanol–water partition coefficient (Wildman–Crippen LogP) is 1.68. The van der Waals surface area contributed by atoms with Crippen LogP contribution in [0, 0.1) is 0 Å². The van der Waals surface area contributed by atoms with Crippen molar-refractivity contribution in [2.75, 3.05) is 26.9 Å². The van der Waals surface area contributed by atoms with E-state index in [1.54, 1.807) is 19.5 Å². The molecule has 0 bridgehead atoms. The van der Waals surface area contributed by atoms with Crippen molar-refractivity contribution < 1.29 is 14.2 Å². The molecule has 0 amide bonds. The lowest BCUT2D eigenvalue weighted by molar-refractivity contribution is -0.121. The first kappa shape index (κ1) is 14.2. The quantitative estimate of drug-likeness (QED) is 0.878. The van der Waals surface area contributed by atoms with Gasteiger partial charge in [0.25, 0.3) is 0 Å². The Balaban J connectivity index is 2.24. The first-order valence-electron chi connectivity index (χ1n) is 6.68. The number of nitrogens with two attached hydrogens (primary N) is 1. The van der Waals surface area contributed by atoms with Crippen LogP contribution in [-0.4, -0.2) is 37.5 Å². The number of ether oxygens (including phenoxy) is 3. The molecule has 0 radical (unpaired) electrons. The van der Waals surface area contributed by atoms with Crippen LogP contribution in [0.3, 0.4) is 0 Å². The number of hydrogen-bond donors (Lipinski definition) is 1. The number of hydrogen-bond acceptors (Lipinski definition) is 5. The Morgan fingerprint density at radius 1 is 1.42 bits per heavy atom. The maximum absolute atomic E-state index is 6.44. The summed E-state index contributed by atoms with van der Waals surface area (Å²) < 4.78 is 16.6. The number of nitrogens with zero attached hydrogens (tertiary/aromatic N) is 1. The first-order chi connectivity index (χ1) is 9.22. The molecule has 1 unspecified atom stereocenters. The summed E-state index contributed by atoms with van der Waals surface area (Å²) in [5.74, 6) is 0.714. The van der Waals surface area contributed by atoms with Crippen molar-refractivity contribution >= 4 is 0 Å². The van der Waals surface area contributed by atoms with Crippen molar-refractivity contribution in [3.05, 3.63) is 24.0 Å². The van der Waals surface area contributed by atoms with E-state index in [1.807, 2.05) is 13.0 Å². The second-order valence-electron chi connectivity index (χ2n) is 4.75. The van der Waals surface area contributed by atoms with Crippen molar-refractivity contribution in [1.82, 2.24) is 4.98 Å². The van der Waals surface area contributed by atoms with Crippen molar-refractivity contribution in [3.8, 4) is 5.75 Å². The second-order valence-corrected chi connectivity index (χ2v) is 4.75. The third-order valence-electron chi connectivity index (χ3n) is 3.67. The average molecular weight is 266 g/mol. The highest BCUT2D eigenvalue weighted by atomic mass is 16.5. The zero-order valence-electron chi connectivity index (χ0n) is 11.6. The predicted molar refractivity (Wildman–Crippen MR) is 72.1 cm³/mol. The minimum absolute atomic E-state index is 0.223. The van der Waals surface area contributed by atoms with Gasteiger partial charge in [-0.3, -0.25) is 4.98 Å². The Hall–Kier alpha value is -1.17. The van der Waals surface area contributed by atoms with Crippen molar-refractivity contribution in [1.29, 1.82) is 0 Å². The molecule has 0 aliphatic carbocycles. The third-order valence-corrected chi connectivity index (χ3v) is 3.67. The molecule has 1 aromatic heterocycles. The van der Waals surface area contributed by atoms with Crippen molar-refractivity contribution in [3.63, 3.8) is 0 Å². The van der Waals surface area contributed by atoms with Crippen LogP contribution in [0.25, 0.3) is 0 Å². The molecule has 2 rings (SSSR count). The van der Waals surface area contributed by atoms with Gasteiger partial charge >= 0.3 is 0 Å². The average Bonchev–Trinajstić information content (AvgIpc) is 2.48. The smallest absolute Gasteiger partial charge is 0.137 e. The minimum Gasteiger partial charge on any atom is -0.495 e. The highest BCUT2D eigenvalue weighted by Crippen LogP contribution is 2.36. The molecule has 0 aromatic carbocycles. The van der Waals surface area contributed by atoms with E-state index in [0.29, 0.717) is 25.6 Å². The molecule has 1 atom stereocenters. The molecular weight excluding hydrogens is 244 g/mol. The van der Waals surface area contributed by atoms with E-state index in [4.69, 9.17) is 19.9 Å². The number of aromatic nitrogens is 1. The summed E-state index contributed by atoms with van der Waals surface area (Å²) in [7, 11) is 1.62. The van der Waals surface area contributed by atoms with Gasteiger partial charge in [0.15, 0.2) is 0 Å². The van der Waals surface area contributed by atoms with E-state index in [-0.39, 0.29) is 11.6 Å². The van der Waals surface area contributed by atoms with Gasteiger partial charge in [-0.25, -0.2) is 0 Å². The van der Waals surface area contributed by atoms with Gasteiger partial charge in [0.1, 0.15) is 5.75 Å². The number of rotatable bonds is 5. The van der Waals surface area contributed by atoms with E-state index in [2.05, 4.69) is 4.98 Å². The molecule has 1 aliphatic heterocycles. The monoisotopic (exact) mass is 266 g/mol. The van der Waals surface area contributed by atoms with E-state index in [0.717, 1.165) is 18.4 Å². The molecule has 106 valence electrons. The molecular formula is C14H22N2O3. The summed E-state index contributed by atoms with van der Waals surface area (Å²) in [5.41, 5.74) is 7.02. The molecule has 2 heterocycles. The van der Waals surface area contributed by atoms with Gasteiger partial charge in [-0.2, -0.15) is 0 Å². The molecule has 0 saturated carbocycles. The summed E-state index contributed by atoms with van der Waals surface area (Å²) in [4.78, 5) is 4.17. The largest absolute Gasteiger partial charge is 0.495 e. The summed E-state index contributed by atoms with van der Waals surface area (Å²) >= 11 is 0. The van der Waals surface area contributed by atoms with Crippen molar-refractivity contribution in [2.45, 2.75) is 31.4 Å².